The van der Waals surface area contributed by atoms with Gasteiger partial charge in [-0.1, -0.05) is 30.3 Å². The molecule has 2 heterocycles. The van der Waals surface area contributed by atoms with Gasteiger partial charge in [0, 0.05) is 25.2 Å². The lowest BCUT2D eigenvalue weighted by atomic mass is 9.91. The van der Waals surface area contributed by atoms with E-state index in [1.165, 1.54) is 0 Å². The molecule has 0 atom stereocenters. The van der Waals surface area contributed by atoms with Crippen LogP contribution in [-0.2, 0) is 33.8 Å². The Kier molecular flexibility index (Phi) is 4.62. The predicted octanol–water partition coefficient (Wildman–Crippen LogP) is 2.17. The number of amides is 3. The molecule has 0 aromatic heterocycles. The molecule has 0 fully saturated rings. The Labute approximate surface area is 157 Å². The zero-order chi connectivity index (χ0) is 18.8. The van der Waals surface area contributed by atoms with Crippen molar-refractivity contribution in [3.63, 3.8) is 0 Å². The molecule has 27 heavy (non-hydrogen) atoms. The van der Waals surface area contributed by atoms with Gasteiger partial charge in [-0.2, -0.15) is 0 Å². The molecule has 4 rings (SSSR count). The van der Waals surface area contributed by atoms with Gasteiger partial charge in [-0.3, -0.25) is 14.4 Å². The van der Waals surface area contributed by atoms with Crippen molar-refractivity contribution in [3.05, 3.63) is 59.2 Å². The van der Waals surface area contributed by atoms with Crippen molar-refractivity contribution in [3.8, 4) is 0 Å². The van der Waals surface area contributed by atoms with Gasteiger partial charge in [-0.05, 0) is 48.1 Å². The molecular formula is C21H21N3O3. The van der Waals surface area contributed by atoms with Crippen LogP contribution in [0.3, 0.4) is 0 Å². The summed E-state index contributed by atoms with van der Waals surface area (Å²) in [5.41, 5.74) is 4.67. The molecule has 0 saturated heterocycles. The third-order valence-corrected chi connectivity index (χ3v) is 5.03. The van der Waals surface area contributed by atoms with Gasteiger partial charge < -0.3 is 15.5 Å². The molecule has 0 radical (unpaired) electrons. The minimum absolute atomic E-state index is 0.167. The second-order valence-electron chi connectivity index (χ2n) is 6.91. The first-order chi connectivity index (χ1) is 13.1. The predicted molar refractivity (Wildman–Crippen MR) is 102 cm³/mol. The molecule has 0 spiro atoms. The van der Waals surface area contributed by atoms with Crippen LogP contribution >= 0.6 is 0 Å². The maximum absolute atomic E-state index is 12.2. The largest absolute Gasteiger partial charge is 0.344 e. The van der Waals surface area contributed by atoms with Gasteiger partial charge in [-0.15, -0.1) is 0 Å². The first-order valence-electron chi connectivity index (χ1n) is 9.21. The average molecular weight is 363 g/mol. The minimum atomic E-state index is -0.683. The summed E-state index contributed by atoms with van der Waals surface area (Å²) in [5.74, 6) is -1.18. The van der Waals surface area contributed by atoms with Crippen molar-refractivity contribution < 1.29 is 14.4 Å². The van der Waals surface area contributed by atoms with Crippen molar-refractivity contribution in [2.24, 2.45) is 0 Å². The van der Waals surface area contributed by atoms with Crippen molar-refractivity contribution in [1.29, 1.82) is 0 Å². The van der Waals surface area contributed by atoms with Gasteiger partial charge in [0.25, 0.3) is 0 Å². The summed E-state index contributed by atoms with van der Waals surface area (Å²) in [7, 11) is 0. The molecule has 2 aliphatic rings. The van der Waals surface area contributed by atoms with Crippen LogP contribution in [0.4, 0.5) is 11.4 Å². The molecule has 138 valence electrons. The van der Waals surface area contributed by atoms with Gasteiger partial charge in [-0.25, -0.2) is 0 Å². The number of benzene rings is 2. The van der Waals surface area contributed by atoms with Crippen LogP contribution in [0.2, 0.25) is 0 Å². The Morgan fingerprint density at radius 1 is 0.963 bits per heavy atom. The van der Waals surface area contributed by atoms with Crippen LogP contribution in [0.25, 0.3) is 0 Å². The molecule has 0 bridgehead atoms. The second kappa shape index (κ2) is 7.23. The molecule has 0 unspecified atom stereocenters. The topological polar surface area (TPSA) is 78.5 Å². The van der Waals surface area contributed by atoms with Crippen LogP contribution < -0.4 is 15.5 Å². The fourth-order valence-corrected chi connectivity index (χ4v) is 3.77. The maximum Gasteiger partial charge on any atom is 0.313 e. The number of carbonyl (C=O) groups is 3. The summed E-state index contributed by atoms with van der Waals surface area (Å²) in [4.78, 5) is 38.3. The molecule has 2 aromatic rings. The monoisotopic (exact) mass is 363 g/mol. The van der Waals surface area contributed by atoms with E-state index in [0.717, 1.165) is 41.8 Å². The molecular weight excluding hydrogens is 342 g/mol. The average Bonchev–Trinajstić information content (AvgIpc) is 2.69. The van der Waals surface area contributed by atoms with Gasteiger partial charge in [0.2, 0.25) is 5.91 Å². The highest BCUT2D eigenvalue weighted by molar-refractivity contribution is 6.39. The quantitative estimate of drug-likeness (QED) is 0.821. The first kappa shape index (κ1) is 17.3. The summed E-state index contributed by atoms with van der Waals surface area (Å²) in [6.07, 6.45) is 2.94. The van der Waals surface area contributed by atoms with Gasteiger partial charge in [0.1, 0.15) is 0 Å². The van der Waals surface area contributed by atoms with E-state index >= 15 is 0 Å². The number of carbonyl (C=O) groups excluding carboxylic acids is 3. The zero-order valence-corrected chi connectivity index (χ0v) is 15.0. The Bertz CT molecular complexity index is 891. The highest BCUT2D eigenvalue weighted by atomic mass is 16.2. The Balaban J connectivity index is 1.46. The van der Waals surface area contributed by atoms with Crippen LogP contribution in [-0.4, -0.2) is 24.3 Å². The first-order valence-corrected chi connectivity index (χ1v) is 9.21. The molecule has 6 nitrogen and oxygen atoms in total. The lowest BCUT2D eigenvalue weighted by molar-refractivity contribution is -0.136. The number of nitrogens with one attached hydrogen (secondary N) is 2. The lowest BCUT2D eigenvalue weighted by Crippen LogP contribution is -2.39. The molecule has 6 heteroatoms. The lowest BCUT2D eigenvalue weighted by Gasteiger charge is -2.35. The number of hydrogen-bond donors (Lipinski definition) is 2. The van der Waals surface area contributed by atoms with Crippen molar-refractivity contribution in [1.82, 2.24) is 5.32 Å². The minimum Gasteiger partial charge on any atom is -0.344 e. The molecule has 2 aromatic carbocycles. The summed E-state index contributed by atoms with van der Waals surface area (Å²) >= 11 is 0. The Morgan fingerprint density at radius 3 is 2.48 bits per heavy atom. The van der Waals surface area contributed by atoms with Gasteiger partial charge in [0.15, 0.2) is 0 Å². The SMILES string of the molecule is O=C(NCc1ccccc1)C(=O)Nc1cc2c3c(c1)CCC(=O)N3CCC2. The van der Waals surface area contributed by atoms with E-state index in [1.807, 2.05) is 47.4 Å². The van der Waals surface area contributed by atoms with E-state index in [-0.39, 0.29) is 5.91 Å². The number of anilines is 2. The smallest absolute Gasteiger partial charge is 0.313 e. The number of rotatable bonds is 3. The summed E-state index contributed by atoms with van der Waals surface area (Å²) in [6, 6.07) is 13.2. The molecule has 3 amide bonds. The van der Waals surface area contributed by atoms with Crippen LogP contribution in [0.15, 0.2) is 42.5 Å². The van der Waals surface area contributed by atoms with Crippen molar-refractivity contribution in [2.75, 3.05) is 16.8 Å². The van der Waals surface area contributed by atoms with E-state index in [4.69, 9.17) is 0 Å². The highest BCUT2D eigenvalue weighted by Gasteiger charge is 2.29. The molecule has 2 aliphatic heterocycles. The molecule has 0 aliphatic carbocycles. The zero-order valence-electron chi connectivity index (χ0n) is 15.0. The van der Waals surface area contributed by atoms with Crippen molar-refractivity contribution in [2.45, 2.75) is 32.2 Å². The number of aryl methyl sites for hydroxylation is 2. The molecule has 0 saturated carbocycles. The third-order valence-electron chi connectivity index (χ3n) is 5.03. The van der Waals surface area contributed by atoms with Crippen LogP contribution in [0.5, 0.6) is 0 Å². The maximum atomic E-state index is 12.2. The van der Waals surface area contributed by atoms with Gasteiger partial charge in [0.05, 0.1) is 5.69 Å². The third kappa shape index (κ3) is 3.56. The Morgan fingerprint density at radius 2 is 1.70 bits per heavy atom. The Hall–Kier alpha value is -3.15. The molecule has 2 N–H and O–H groups in total. The van der Waals surface area contributed by atoms with E-state index in [9.17, 15) is 14.4 Å². The number of hydrogen-bond acceptors (Lipinski definition) is 3. The fourth-order valence-electron chi connectivity index (χ4n) is 3.77. The van der Waals surface area contributed by atoms with E-state index < -0.39 is 11.8 Å². The summed E-state index contributed by atoms with van der Waals surface area (Å²) < 4.78 is 0. The number of nitrogens with zero attached hydrogens (tertiary/aromatic N) is 1. The van der Waals surface area contributed by atoms with E-state index in [0.29, 0.717) is 25.1 Å². The summed E-state index contributed by atoms with van der Waals surface area (Å²) in [6.45, 7) is 1.06. The standard InChI is InChI=1S/C21H21N3O3/c25-18-9-8-16-12-17(11-15-7-4-10-24(18)19(15)16)23-21(27)20(26)22-13-14-5-2-1-3-6-14/h1-3,5-6,11-12H,4,7-10,13H2,(H,22,26)(H,23,27). The van der Waals surface area contributed by atoms with E-state index in [1.54, 1.807) is 0 Å². The van der Waals surface area contributed by atoms with Crippen LogP contribution in [0, 0.1) is 0 Å². The van der Waals surface area contributed by atoms with Crippen molar-refractivity contribution >= 4 is 29.1 Å². The second-order valence-corrected chi connectivity index (χ2v) is 6.91. The van der Waals surface area contributed by atoms with E-state index in [2.05, 4.69) is 10.6 Å². The van der Waals surface area contributed by atoms with Crippen LogP contribution in [0.1, 0.15) is 29.5 Å². The van der Waals surface area contributed by atoms with Gasteiger partial charge >= 0.3 is 11.8 Å². The summed E-state index contributed by atoms with van der Waals surface area (Å²) in [5, 5.41) is 5.33. The fraction of sp³-hybridized carbons (Fsp3) is 0.286. The highest BCUT2D eigenvalue weighted by Crippen LogP contribution is 2.37. The normalized spacial score (nSPS) is 15.1.